The molecule has 33 heavy (non-hydrogen) atoms. The van der Waals surface area contributed by atoms with Gasteiger partial charge in [-0.1, -0.05) is 46.3 Å². The highest BCUT2D eigenvalue weighted by Crippen LogP contribution is 2.33. The van der Waals surface area contributed by atoms with Crippen molar-refractivity contribution in [1.82, 2.24) is 5.43 Å². The SMILES string of the molecule is Cc1cccc(C)c1OCC(=O)NN=Cc1cc(Br)cc(Br)c1OC(=O)c1ccccc1Br. The third-order valence-corrected chi connectivity index (χ3v) is 6.21. The molecule has 0 unspecified atom stereocenters. The first-order valence-corrected chi connectivity index (χ1v) is 12.1. The number of nitrogens with zero attached hydrogens (tertiary/aromatic N) is 1. The molecular formula is C24H19Br3N2O4. The van der Waals surface area contributed by atoms with Crippen molar-refractivity contribution >= 4 is 65.9 Å². The fraction of sp³-hybridized carbons (Fsp3) is 0.125. The van der Waals surface area contributed by atoms with Crippen LogP contribution in [0.5, 0.6) is 11.5 Å². The molecule has 0 atom stereocenters. The molecular weight excluding hydrogens is 620 g/mol. The van der Waals surface area contributed by atoms with Gasteiger partial charge in [0.25, 0.3) is 5.91 Å². The average molecular weight is 639 g/mol. The zero-order valence-corrected chi connectivity index (χ0v) is 22.5. The minimum absolute atomic E-state index is 0.185. The van der Waals surface area contributed by atoms with Crippen LogP contribution in [0.3, 0.4) is 0 Å². The highest BCUT2D eigenvalue weighted by Gasteiger charge is 2.17. The largest absolute Gasteiger partial charge is 0.483 e. The molecule has 0 saturated carbocycles. The second kappa shape index (κ2) is 11.6. The molecule has 0 aliphatic carbocycles. The number of halogens is 3. The van der Waals surface area contributed by atoms with E-state index in [2.05, 4.69) is 58.3 Å². The summed E-state index contributed by atoms with van der Waals surface area (Å²) in [4.78, 5) is 24.9. The molecule has 0 radical (unpaired) electrons. The first kappa shape index (κ1) is 25.1. The van der Waals surface area contributed by atoms with Crippen molar-refractivity contribution < 1.29 is 19.1 Å². The Balaban J connectivity index is 1.70. The minimum Gasteiger partial charge on any atom is -0.483 e. The lowest BCUT2D eigenvalue weighted by Crippen LogP contribution is -2.25. The summed E-state index contributed by atoms with van der Waals surface area (Å²) in [5.74, 6) is -0.0153. The van der Waals surface area contributed by atoms with Crippen LogP contribution in [0.1, 0.15) is 27.0 Å². The molecule has 6 nitrogen and oxygen atoms in total. The van der Waals surface area contributed by atoms with E-state index in [4.69, 9.17) is 9.47 Å². The lowest BCUT2D eigenvalue weighted by molar-refractivity contribution is -0.123. The van der Waals surface area contributed by atoms with E-state index in [0.717, 1.165) is 15.6 Å². The molecule has 0 saturated heterocycles. The third kappa shape index (κ3) is 6.75. The molecule has 0 bridgehead atoms. The molecule has 0 aromatic heterocycles. The molecule has 0 spiro atoms. The summed E-state index contributed by atoms with van der Waals surface area (Å²) in [6.45, 7) is 3.65. The summed E-state index contributed by atoms with van der Waals surface area (Å²) >= 11 is 10.2. The highest BCUT2D eigenvalue weighted by atomic mass is 79.9. The van der Waals surface area contributed by atoms with E-state index in [1.54, 1.807) is 36.4 Å². The molecule has 170 valence electrons. The van der Waals surface area contributed by atoms with Crippen LogP contribution in [0.4, 0.5) is 0 Å². The van der Waals surface area contributed by atoms with Gasteiger partial charge in [0.15, 0.2) is 12.4 Å². The van der Waals surface area contributed by atoms with E-state index in [-0.39, 0.29) is 12.4 Å². The van der Waals surface area contributed by atoms with Crippen LogP contribution in [-0.2, 0) is 4.79 Å². The highest BCUT2D eigenvalue weighted by molar-refractivity contribution is 9.11. The van der Waals surface area contributed by atoms with Crippen molar-refractivity contribution in [2.45, 2.75) is 13.8 Å². The maximum absolute atomic E-state index is 12.7. The van der Waals surface area contributed by atoms with Crippen molar-refractivity contribution in [3.05, 3.63) is 90.3 Å². The number of hydrazone groups is 1. The van der Waals surface area contributed by atoms with Gasteiger partial charge in [-0.15, -0.1) is 0 Å². The van der Waals surface area contributed by atoms with Crippen molar-refractivity contribution in [1.29, 1.82) is 0 Å². The van der Waals surface area contributed by atoms with Crippen molar-refractivity contribution in [2.24, 2.45) is 5.10 Å². The first-order chi connectivity index (χ1) is 15.8. The van der Waals surface area contributed by atoms with E-state index < -0.39 is 11.9 Å². The van der Waals surface area contributed by atoms with Crippen LogP contribution in [0.15, 0.2) is 73.1 Å². The summed E-state index contributed by atoms with van der Waals surface area (Å²) in [6, 6.07) is 16.2. The van der Waals surface area contributed by atoms with E-state index in [1.807, 2.05) is 32.0 Å². The Kier molecular flexibility index (Phi) is 8.82. The summed E-state index contributed by atoms with van der Waals surface area (Å²) < 4.78 is 13.2. The molecule has 0 aliphatic heterocycles. The van der Waals surface area contributed by atoms with E-state index in [0.29, 0.717) is 25.8 Å². The maximum Gasteiger partial charge on any atom is 0.344 e. The van der Waals surface area contributed by atoms with E-state index in [1.165, 1.54) is 6.21 Å². The van der Waals surface area contributed by atoms with Gasteiger partial charge in [-0.25, -0.2) is 10.2 Å². The number of carbonyl (C=O) groups excluding carboxylic acids is 2. The number of benzene rings is 3. The van der Waals surface area contributed by atoms with Crippen LogP contribution in [0, 0.1) is 13.8 Å². The summed E-state index contributed by atoms with van der Waals surface area (Å²) in [7, 11) is 0. The number of aryl methyl sites for hydroxylation is 2. The number of rotatable bonds is 7. The van der Waals surface area contributed by atoms with Gasteiger partial charge < -0.3 is 9.47 Å². The Morgan fingerprint density at radius 2 is 1.64 bits per heavy atom. The molecule has 1 amide bonds. The molecule has 0 fully saturated rings. The van der Waals surface area contributed by atoms with Gasteiger partial charge in [0.1, 0.15) is 5.75 Å². The van der Waals surface area contributed by atoms with E-state index in [9.17, 15) is 9.59 Å². The van der Waals surface area contributed by atoms with Crippen LogP contribution in [0.25, 0.3) is 0 Å². The second-order valence-corrected chi connectivity index (χ2v) is 9.60. The Morgan fingerprint density at radius 1 is 0.939 bits per heavy atom. The van der Waals surface area contributed by atoms with Crippen LogP contribution in [0.2, 0.25) is 0 Å². The van der Waals surface area contributed by atoms with Gasteiger partial charge >= 0.3 is 5.97 Å². The fourth-order valence-electron chi connectivity index (χ4n) is 2.93. The number of para-hydroxylation sites is 1. The van der Waals surface area contributed by atoms with Crippen LogP contribution >= 0.6 is 47.8 Å². The molecule has 3 rings (SSSR count). The van der Waals surface area contributed by atoms with Crippen LogP contribution in [-0.4, -0.2) is 24.7 Å². The zero-order valence-electron chi connectivity index (χ0n) is 17.7. The van der Waals surface area contributed by atoms with Crippen molar-refractivity contribution in [3.63, 3.8) is 0 Å². The number of hydrogen-bond donors (Lipinski definition) is 1. The van der Waals surface area contributed by atoms with Gasteiger partial charge in [-0.2, -0.15) is 5.10 Å². The van der Waals surface area contributed by atoms with Crippen LogP contribution < -0.4 is 14.9 Å². The van der Waals surface area contributed by atoms with E-state index >= 15 is 0 Å². The molecule has 1 N–H and O–H groups in total. The Hall–Kier alpha value is -2.49. The summed E-state index contributed by atoms with van der Waals surface area (Å²) in [5, 5.41) is 3.99. The molecule has 0 heterocycles. The number of carbonyl (C=O) groups is 2. The average Bonchev–Trinajstić information content (AvgIpc) is 2.76. The maximum atomic E-state index is 12.7. The number of nitrogens with one attached hydrogen (secondary N) is 1. The summed E-state index contributed by atoms with van der Waals surface area (Å²) in [6.07, 6.45) is 1.40. The Labute approximate surface area is 216 Å². The van der Waals surface area contributed by atoms with Crippen molar-refractivity contribution in [2.75, 3.05) is 6.61 Å². The predicted molar refractivity (Wildman–Crippen MR) is 138 cm³/mol. The topological polar surface area (TPSA) is 77.0 Å². The smallest absolute Gasteiger partial charge is 0.344 e. The zero-order chi connectivity index (χ0) is 24.0. The van der Waals surface area contributed by atoms with Gasteiger partial charge in [0.05, 0.1) is 16.3 Å². The standard InChI is InChI=1S/C24H19Br3N2O4/c1-14-6-5-7-15(2)22(14)32-13-21(30)29-28-12-16-10-17(25)11-20(27)23(16)33-24(31)18-8-3-4-9-19(18)26/h3-12H,13H2,1-2H3,(H,29,30). The Bertz CT molecular complexity index is 1210. The number of hydrogen-bond acceptors (Lipinski definition) is 5. The molecule has 0 aliphatic rings. The molecule has 9 heteroatoms. The molecule has 3 aromatic rings. The van der Waals surface area contributed by atoms with Gasteiger partial charge in [-0.3, -0.25) is 4.79 Å². The first-order valence-electron chi connectivity index (χ1n) is 9.73. The van der Waals surface area contributed by atoms with Gasteiger partial charge in [-0.05, 0) is 81.1 Å². The normalized spacial score (nSPS) is 10.8. The predicted octanol–water partition coefficient (Wildman–Crippen LogP) is 6.34. The quantitative estimate of drug-likeness (QED) is 0.142. The van der Waals surface area contributed by atoms with Crippen molar-refractivity contribution in [3.8, 4) is 11.5 Å². The molecule has 3 aromatic carbocycles. The summed E-state index contributed by atoms with van der Waals surface area (Å²) in [5.41, 5.74) is 5.18. The Morgan fingerprint density at radius 3 is 2.33 bits per heavy atom. The van der Waals surface area contributed by atoms with Gasteiger partial charge in [0.2, 0.25) is 0 Å². The number of amides is 1. The minimum atomic E-state index is -0.536. The monoisotopic (exact) mass is 636 g/mol. The van der Waals surface area contributed by atoms with Gasteiger partial charge in [0, 0.05) is 14.5 Å². The lowest BCUT2D eigenvalue weighted by Gasteiger charge is -2.12. The second-order valence-electron chi connectivity index (χ2n) is 6.98. The third-order valence-electron chi connectivity index (χ3n) is 4.47. The lowest BCUT2D eigenvalue weighted by atomic mass is 10.1. The fourth-order valence-corrected chi connectivity index (χ4v) is 4.71. The number of ether oxygens (including phenoxy) is 2. The number of esters is 1.